The minimum absolute atomic E-state index is 0.649. The number of piperidine rings is 1. The van der Waals surface area contributed by atoms with Crippen LogP contribution in [-0.2, 0) is 0 Å². The molecular formula is C15H20N4. The Morgan fingerprint density at radius 3 is 3.00 bits per heavy atom. The fourth-order valence-corrected chi connectivity index (χ4v) is 3.22. The third kappa shape index (κ3) is 2.43. The topological polar surface area (TPSA) is 43.2 Å². The molecule has 2 aliphatic heterocycles. The quantitative estimate of drug-likeness (QED) is 0.770. The van der Waals surface area contributed by atoms with Crippen molar-refractivity contribution < 1.29 is 0 Å². The molecule has 3 heterocycles. The number of pyridine rings is 1. The van der Waals surface area contributed by atoms with Crippen molar-refractivity contribution in [2.75, 3.05) is 31.1 Å². The molecule has 0 aliphatic carbocycles. The van der Waals surface area contributed by atoms with Gasteiger partial charge in [-0.05, 0) is 38.4 Å². The fourth-order valence-electron chi connectivity index (χ4n) is 3.22. The van der Waals surface area contributed by atoms with Crippen LogP contribution in [0.4, 0.5) is 5.82 Å². The Morgan fingerprint density at radius 2 is 2.16 bits per heavy atom. The molecule has 0 N–H and O–H groups in total. The van der Waals surface area contributed by atoms with Crippen molar-refractivity contribution in [3.63, 3.8) is 0 Å². The van der Waals surface area contributed by atoms with E-state index in [0.717, 1.165) is 31.1 Å². The third-order valence-electron chi connectivity index (χ3n) is 4.27. The van der Waals surface area contributed by atoms with Gasteiger partial charge in [0.15, 0.2) is 0 Å². The van der Waals surface area contributed by atoms with Gasteiger partial charge in [0.25, 0.3) is 0 Å². The Morgan fingerprint density at radius 1 is 1.26 bits per heavy atom. The van der Waals surface area contributed by atoms with E-state index in [1.807, 2.05) is 19.1 Å². The molecule has 4 nitrogen and oxygen atoms in total. The van der Waals surface area contributed by atoms with E-state index in [9.17, 15) is 5.26 Å². The van der Waals surface area contributed by atoms with Crippen LogP contribution in [0.3, 0.4) is 0 Å². The highest BCUT2D eigenvalue weighted by atomic mass is 15.3. The molecule has 1 atom stereocenters. The van der Waals surface area contributed by atoms with Gasteiger partial charge >= 0.3 is 0 Å². The van der Waals surface area contributed by atoms with Gasteiger partial charge in [0, 0.05) is 31.4 Å². The van der Waals surface area contributed by atoms with Gasteiger partial charge in [-0.3, -0.25) is 4.90 Å². The average molecular weight is 256 g/mol. The summed E-state index contributed by atoms with van der Waals surface area (Å²) in [4.78, 5) is 9.49. The zero-order chi connectivity index (χ0) is 13.2. The molecule has 1 aromatic heterocycles. The first-order valence-corrected chi connectivity index (χ1v) is 7.14. The normalized spacial score (nSPS) is 23.8. The standard InChI is InChI=1S/C15H20N4/c1-12-5-6-13(10-16)15(17-12)19-9-8-18-7-3-2-4-14(18)11-19/h5-6,14H,2-4,7-9,11H2,1H3. The highest BCUT2D eigenvalue weighted by Crippen LogP contribution is 2.25. The maximum atomic E-state index is 9.25. The number of fused-ring (bicyclic) bond motifs is 1. The summed E-state index contributed by atoms with van der Waals surface area (Å²) in [5.41, 5.74) is 1.69. The van der Waals surface area contributed by atoms with Crippen molar-refractivity contribution in [2.24, 2.45) is 0 Å². The summed E-state index contributed by atoms with van der Waals surface area (Å²) in [6, 6.07) is 6.73. The van der Waals surface area contributed by atoms with Gasteiger partial charge in [-0.25, -0.2) is 4.98 Å². The highest BCUT2D eigenvalue weighted by Gasteiger charge is 2.30. The van der Waals surface area contributed by atoms with Crippen LogP contribution in [0.25, 0.3) is 0 Å². The Kier molecular flexibility index (Phi) is 3.39. The molecule has 100 valence electrons. The summed E-state index contributed by atoms with van der Waals surface area (Å²) >= 11 is 0. The Labute approximate surface area is 114 Å². The van der Waals surface area contributed by atoms with Crippen LogP contribution in [0.15, 0.2) is 12.1 Å². The third-order valence-corrected chi connectivity index (χ3v) is 4.27. The maximum absolute atomic E-state index is 9.25. The Hall–Kier alpha value is -1.60. The van der Waals surface area contributed by atoms with Gasteiger partial charge in [0.2, 0.25) is 0 Å². The number of hydrogen-bond donors (Lipinski definition) is 0. The molecule has 0 aromatic carbocycles. The molecule has 0 saturated carbocycles. The second kappa shape index (κ2) is 5.18. The molecule has 19 heavy (non-hydrogen) atoms. The lowest BCUT2D eigenvalue weighted by Gasteiger charge is -2.44. The second-order valence-electron chi connectivity index (χ2n) is 5.57. The van der Waals surface area contributed by atoms with Gasteiger partial charge in [-0.15, -0.1) is 0 Å². The van der Waals surface area contributed by atoms with E-state index in [-0.39, 0.29) is 0 Å². The summed E-state index contributed by atoms with van der Waals surface area (Å²) < 4.78 is 0. The summed E-state index contributed by atoms with van der Waals surface area (Å²) in [5.74, 6) is 0.882. The monoisotopic (exact) mass is 256 g/mol. The van der Waals surface area contributed by atoms with Crippen molar-refractivity contribution in [1.29, 1.82) is 5.26 Å². The van der Waals surface area contributed by atoms with Gasteiger partial charge in [0.05, 0.1) is 5.56 Å². The predicted octanol–water partition coefficient (Wildman–Crippen LogP) is 1.94. The number of nitrogens with zero attached hydrogens (tertiary/aromatic N) is 4. The van der Waals surface area contributed by atoms with Gasteiger partial charge < -0.3 is 4.90 Å². The van der Waals surface area contributed by atoms with Gasteiger partial charge in [-0.2, -0.15) is 5.26 Å². The van der Waals surface area contributed by atoms with Crippen LogP contribution in [0.1, 0.15) is 30.5 Å². The number of piperazine rings is 1. The van der Waals surface area contributed by atoms with E-state index in [4.69, 9.17) is 0 Å². The number of nitriles is 1. The maximum Gasteiger partial charge on any atom is 0.146 e. The molecule has 1 unspecified atom stereocenters. The summed E-state index contributed by atoms with van der Waals surface area (Å²) in [6.45, 7) is 6.34. The molecule has 1 aromatic rings. The van der Waals surface area contributed by atoms with Gasteiger partial charge in [-0.1, -0.05) is 6.42 Å². The molecule has 0 spiro atoms. The minimum atomic E-state index is 0.649. The van der Waals surface area contributed by atoms with Crippen molar-refractivity contribution in [2.45, 2.75) is 32.2 Å². The molecule has 0 radical (unpaired) electrons. The van der Waals surface area contributed by atoms with Crippen LogP contribution in [0.5, 0.6) is 0 Å². The lowest BCUT2D eigenvalue weighted by molar-refractivity contribution is 0.133. The largest absolute Gasteiger partial charge is 0.353 e. The molecule has 0 bridgehead atoms. The molecular weight excluding hydrogens is 236 g/mol. The summed E-state index contributed by atoms with van der Waals surface area (Å²) in [5, 5.41) is 9.25. The predicted molar refractivity (Wildman–Crippen MR) is 75.1 cm³/mol. The lowest BCUT2D eigenvalue weighted by Crippen LogP contribution is -2.55. The molecule has 2 fully saturated rings. The molecule has 2 aliphatic rings. The summed E-state index contributed by atoms with van der Waals surface area (Å²) in [7, 11) is 0. The molecule has 4 heteroatoms. The first kappa shape index (κ1) is 12.4. The first-order chi connectivity index (χ1) is 9.28. The van der Waals surface area contributed by atoms with Crippen molar-refractivity contribution in [3.05, 3.63) is 23.4 Å². The van der Waals surface area contributed by atoms with Crippen LogP contribution >= 0.6 is 0 Å². The number of hydrogen-bond acceptors (Lipinski definition) is 4. The average Bonchev–Trinajstić information content (AvgIpc) is 2.46. The molecule has 3 rings (SSSR count). The number of rotatable bonds is 1. The van der Waals surface area contributed by atoms with Crippen LogP contribution in [0.2, 0.25) is 0 Å². The second-order valence-corrected chi connectivity index (χ2v) is 5.57. The van der Waals surface area contributed by atoms with E-state index in [1.54, 1.807) is 0 Å². The zero-order valence-electron chi connectivity index (χ0n) is 11.5. The van der Waals surface area contributed by atoms with Crippen LogP contribution in [0, 0.1) is 18.3 Å². The van der Waals surface area contributed by atoms with Crippen molar-refractivity contribution in [1.82, 2.24) is 9.88 Å². The smallest absolute Gasteiger partial charge is 0.146 e. The SMILES string of the molecule is Cc1ccc(C#N)c(N2CCN3CCCCC3C2)n1. The zero-order valence-corrected chi connectivity index (χ0v) is 11.5. The molecule has 0 amide bonds. The summed E-state index contributed by atoms with van der Waals surface area (Å²) in [6.07, 6.45) is 3.95. The minimum Gasteiger partial charge on any atom is -0.353 e. The van der Waals surface area contributed by atoms with Crippen molar-refractivity contribution in [3.8, 4) is 6.07 Å². The lowest BCUT2D eigenvalue weighted by atomic mass is 9.99. The van der Waals surface area contributed by atoms with E-state index >= 15 is 0 Å². The van der Waals surface area contributed by atoms with Crippen molar-refractivity contribution >= 4 is 5.82 Å². The van der Waals surface area contributed by atoms with E-state index in [1.165, 1.54) is 25.8 Å². The highest BCUT2D eigenvalue weighted by molar-refractivity contribution is 5.54. The van der Waals surface area contributed by atoms with Crippen LogP contribution in [-0.4, -0.2) is 42.1 Å². The Bertz CT molecular complexity index is 505. The Balaban J connectivity index is 1.83. The number of aryl methyl sites for hydroxylation is 1. The van der Waals surface area contributed by atoms with E-state index in [0.29, 0.717) is 11.6 Å². The molecule has 2 saturated heterocycles. The first-order valence-electron chi connectivity index (χ1n) is 7.14. The van der Waals surface area contributed by atoms with Crippen LogP contribution < -0.4 is 4.90 Å². The fraction of sp³-hybridized carbons (Fsp3) is 0.600. The number of aromatic nitrogens is 1. The number of anilines is 1. The van der Waals surface area contributed by atoms with E-state index in [2.05, 4.69) is 20.9 Å². The van der Waals surface area contributed by atoms with E-state index < -0.39 is 0 Å². The van der Waals surface area contributed by atoms with Gasteiger partial charge in [0.1, 0.15) is 11.9 Å².